The molecule has 0 aliphatic rings. The third kappa shape index (κ3) is 2.02. The zero-order chi connectivity index (χ0) is 14.2. The van der Waals surface area contributed by atoms with Crippen molar-refractivity contribution in [3.05, 3.63) is 65.2 Å². The average molecular weight is 292 g/mol. The monoisotopic (exact) mass is 292 g/mol. The van der Waals surface area contributed by atoms with Crippen molar-refractivity contribution >= 4 is 34.3 Å². The summed E-state index contributed by atoms with van der Waals surface area (Å²) in [6, 6.07) is 14.1. The molecule has 0 atom stereocenters. The van der Waals surface area contributed by atoms with E-state index in [0.29, 0.717) is 4.77 Å². The molecule has 102 valence electrons. The lowest BCUT2D eigenvalue weighted by molar-refractivity contribution is 0.812. The lowest BCUT2D eigenvalue weighted by atomic mass is 10.2. The summed E-state index contributed by atoms with van der Waals surface area (Å²) in [5, 5.41) is 0. The van der Waals surface area contributed by atoms with Crippen molar-refractivity contribution in [2.24, 2.45) is 0 Å². The van der Waals surface area contributed by atoms with Crippen molar-refractivity contribution in [1.82, 2.24) is 19.5 Å². The van der Waals surface area contributed by atoms with Gasteiger partial charge in [-0.25, -0.2) is 0 Å². The fraction of sp³-hybridized carbons (Fsp3) is 0.0625. The first kappa shape index (κ1) is 12.2. The third-order valence-electron chi connectivity index (χ3n) is 3.54. The number of H-pyrrole nitrogens is 1. The molecule has 0 unspecified atom stereocenters. The van der Waals surface area contributed by atoms with Gasteiger partial charge < -0.3 is 9.55 Å². The summed E-state index contributed by atoms with van der Waals surface area (Å²) in [5.74, 6) is 0. The fourth-order valence-electron chi connectivity index (χ4n) is 2.57. The second-order valence-electron chi connectivity index (χ2n) is 4.89. The highest BCUT2D eigenvalue weighted by Gasteiger charge is 2.10. The van der Waals surface area contributed by atoms with E-state index in [0.717, 1.165) is 28.6 Å². The predicted molar refractivity (Wildman–Crippen MR) is 85.8 cm³/mol. The second-order valence-corrected chi connectivity index (χ2v) is 5.28. The van der Waals surface area contributed by atoms with E-state index in [1.807, 2.05) is 36.5 Å². The Morgan fingerprint density at radius 2 is 1.90 bits per heavy atom. The standard InChI is InChI=1S/C16H12N4S/c21-16-19-13-9-18-12-7-4-8-17-14(12)15(13)20(16)10-11-5-2-1-3-6-11/h1-9H,10H2,(H,19,21). The highest BCUT2D eigenvalue weighted by Crippen LogP contribution is 2.22. The van der Waals surface area contributed by atoms with Crippen LogP contribution in [0.5, 0.6) is 0 Å². The molecule has 0 spiro atoms. The van der Waals surface area contributed by atoms with Crippen molar-refractivity contribution in [3.63, 3.8) is 0 Å². The van der Waals surface area contributed by atoms with Crippen molar-refractivity contribution in [2.75, 3.05) is 0 Å². The third-order valence-corrected chi connectivity index (χ3v) is 3.86. The Bertz CT molecular complexity index is 985. The Morgan fingerprint density at radius 1 is 1.05 bits per heavy atom. The molecule has 1 N–H and O–H groups in total. The highest BCUT2D eigenvalue weighted by molar-refractivity contribution is 7.71. The van der Waals surface area contributed by atoms with Crippen LogP contribution in [0.15, 0.2) is 54.9 Å². The zero-order valence-electron chi connectivity index (χ0n) is 11.2. The molecule has 4 rings (SSSR count). The summed E-state index contributed by atoms with van der Waals surface area (Å²) >= 11 is 5.47. The molecule has 1 aromatic carbocycles. The molecule has 0 bridgehead atoms. The van der Waals surface area contributed by atoms with Crippen molar-refractivity contribution in [2.45, 2.75) is 6.54 Å². The molecule has 0 radical (unpaired) electrons. The Balaban J connectivity index is 2.01. The van der Waals surface area contributed by atoms with E-state index in [2.05, 4.69) is 31.7 Å². The molecular weight excluding hydrogens is 280 g/mol. The highest BCUT2D eigenvalue weighted by atomic mass is 32.1. The van der Waals surface area contributed by atoms with Gasteiger partial charge in [-0.05, 0) is 29.9 Å². The number of rotatable bonds is 2. The van der Waals surface area contributed by atoms with Crippen LogP contribution in [0.25, 0.3) is 22.1 Å². The van der Waals surface area contributed by atoms with Gasteiger partial charge in [0.15, 0.2) is 4.77 Å². The van der Waals surface area contributed by atoms with Crippen LogP contribution in [0.4, 0.5) is 0 Å². The number of aromatic amines is 1. The summed E-state index contributed by atoms with van der Waals surface area (Å²) < 4.78 is 2.77. The lowest BCUT2D eigenvalue weighted by Crippen LogP contribution is -2.00. The predicted octanol–water partition coefficient (Wildman–Crippen LogP) is 3.69. The van der Waals surface area contributed by atoms with E-state index in [4.69, 9.17) is 12.2 Å². The maximum atomic E-state index is 5.47. The van der Waals surface area contributed by atoms with E-state index >= 15 is 0 Å². The number of hydrogen-bond donors (Lipinski definition) is 1. The molecule has 0 amide bonds. The van der Waals surface area contributed by atoms with Gasteiger partial charge in [0.2, 0.25) is 0 Å². The van der Waals surface area contributed by atoms with Gasteiger partial charge in [-0.3, -0.25) is 9.97 Å². The minimum Gasteiger partial charge on any atom is -0.329 e. The molecule has 0 fully saturated rings. The van der Waals surface area contributed by atoms with E-state index in [9.17, 15) is 0 Å². The average Bonchev–Trinajstić information content (AvgIpc) is 2.85. The molecule has 21 heavy (non-hydrogen) atoms. The van der Waals surface area contributed by atoms with Crippen LogP contribution >= 0.6 is 12.2 Å². The first-order valence-corrected chi connectivity index (χ1v) is 7.10. The first-order chi connectivity index (χ1) is 10.3. The SMILES string of the molecule is S=c1[nH]c2cnc3cccnc3c2n1Cc1ccccc1. The van der Waals surface area contributed by atoms with Crippen molar-refractivity contribution < 1.29 is 0 Å². The van der Waals surface area contributed by atoms with Crippen molar-refractivity contribution in [3.8, 4) is 0 Å². The Hall–Kier alpha value is -2.53. The molecule has 0 aliphatic carbocycles. The first-order valence-electron chi connectivity index (χ1n) is 6.69. The number of pyridine rings is 2. The van der Waals surface area contributed by atoms with Crippen LogP contribution in [0, 0.1) is 4.77 Å². The molecule has 5 heteroatoms. The molecule has 0 saturated heterocycles. The van der Waals surface area contributed by atoms with E-state index in [1.165, 1.54) is 5.56 Å². The fourth-order valence-corrected chi connectivity index (χ4v) is 2.84. The quantitative estimate of drug-likeness (QED) is 0.573. The zero-order valence-corrected chi connectivity index (χ0v) is 12.0. The molecule has 0 aliphatic heterocycles. The number of fused-ring (bicyclic) bond motifs is 3. The van der Waals surface area contributed by atoms with Gasteiger partial charge in [0, 0.05) is 6.20 Å². The van der Waals surface area contributed by atoms with Gasteiger partial charge in [0.1, 0.15) is 5.52 Å². The largest absolute Gasteiger partial charge is 0.329 e. The Kier molecular flexibility index (Phi) is 2.79. The lowest BCUT2D eigenvalue weighted by Gasteiger charge is -2.06. The summed E-state index contributed by atoms with van der Waals surface area (Å²) in [6.07, 6.45) is 3.60. The van der Waals surface area contributed by atoms with Gasteiger partial charge in [-0.15, -0.1) is 0 Å². The van der Waals surface area contributed by atoms with Gasteiger partial charge in [-0.1, -0.05) is 30.3 Å². The molecule has 3 aromatic heterocycles. The minimum absolute atomic E-state index is 0.689. The van der Waals surface area contributed by atoms with E-state index in [1.54, 1.807) is 6.20 Å². The van der Waals surface area contributed by atoms with Crippen molar-refractivity contribution in [1.29, 1.82) is 0 Å². The number of nitrogens with one attached hydrogen (secondary N) is 1. The molecule has 4 aromatic rings. The molecule has 3 heterocycles. The molecular formula is C16H12N4S. The van der Waals surface area contributed by atoms with E-state index in [-0.39, 0.29) is 0 Å². The van der Waals surface area contributed by atoms with Crippen LogP contribution in [0.1, 0.15) is 5.56 Å². The van der Waals surface area contributed by atoms with Crippen LogP contribution in [0.2, 0.25) is 0 Å². The maximum absolute atomic E-state index is 5.47. The van der Waals surface area contributed by atoms with E-state index < -0.39 is 0 Å². The summed E-state index contributed by atoms with van der Waals surface area (Å²) in [7, 11) is 0. The van der Waals surface area contributed by atoms with Crippen LogP contribution in [-0.2, 0) is 6.54 Å². The summed E-state index contributed by atoms with van der Waals surface area (Å²) in [6.45, 7) is 0.718. The number of nitrogens with zero attached hydrogens (tertiary/aromatic N) is 3. The normalized spacial score (nSPS) is 11.2. The number of imidazole rings is 1. The topological polar surface area (TPSA) is 46.5 Å². The smallest absolute Gasteiger partial charge is 0.178 e. The Labute approximate surface area is 126 Å². The van der Waals surface area contributed by atoms with Crippen LogP contribution in [-0.4, -0.2) is 19.5 Å². The van der Waals surface area contributed by atoms with Gasteiger partial charge in [0.05, 0.1) is 29.3 Å². The summed E-state index contributed by atoms with van der Waals surface area (Å²) in [5.41, 5.74) is 4.88. The number of benzene rings is 1. The molecule has 4 nitrogen and oxygen atoms in total. The second kappa shape index (κ2) is 4.79. The van der Waals surface area contributed by atoms with Gasteiger partial charge in [0.25, 0.3) is 0 Å². The number of aromatic nitrogens is 4. The number of hydrogen-bond acceptors (Lipinski definition) is 3. The molecule has 0 saturated carbocycles. The van der Waals surface area contributed by atoms with Crippen LogP contribution in [0.3, 0.4) is 0 Å². The van der Waals surface area contributed by atoms with Crippen LogP contribution < -0.4 is 0 Å². The van der Waals surface area contributed by atoms with Gasteiger partial charge in [-0.2, -0.15) is 0 Å². The van der Waals surface area contributed by atoms with Gasteiger partial charge >= 0.3 is 0 Å². The maximum Gasteiger partial charge on any atom is 0.178 e. The Morgan fingerprint density at radius 3 is 2.76 bits per heavy atom. The minimum atomic E-state index is 0.689. The summed E-state index contributed by atoms with van der Waals surface area (Å²) in [4.78, 5) is 12.1.